The van der Waals surface area contributed by atoms with Gasteiger partial charge in [0, 0.05) is 22.5 Å². The zero-order chi connectivity index (χ0) is 39.7. The minimum atomic E-state index is -0.980. The van der Waals surface area contributed by atoms with E-state index in [2.05, 4.69) is 194 Å². The molecule has 0 heterocycles. The van der Waals surface area contributed by atoms with Crippen LogP contribution in [-0.2, 0) is 33.5 Å². The first kappa shape index (κ1) is 41.5. The van der Waals surface area contributed by atoms with Crippen LogP contribution < -0.4 is 15.9 Å². The van der Waals surface area contributed by atoms with Crippen LogP contribution in [0.3, 0.4) is 0 Å². The molecule has 0 aromatic heterocycles. The lowest BCUT2D eigenvalue weighted by Crippen LogP contribution is -2.53. The van der Waals surface area contributed by atoms with Crippen molar-refractivity contribution < 1.29 is 0 Å². The number of hydrogen-bond acceptors (Lipinski definition) is 2. The number of fused-ring (bicyclic) bond motifs is 3. The van der Waals surface area contributed by atoms with Gasteiger partial charge in [0.15, 0.2) is 0 Å². The molecule has 3 heteroatoms. The maximum Gasteiger partial charge on any atom is 0.0873 e. The SMILES string of the molecule is CC(C)(C)SCCNC1(P(c2cc(C(C)(C)C)cc(C(C)(C)C)c2)c2cc(C(C)(C)C)cc(C(C)(C)C)c2)C=CCC2=C1C1(CC2)CCc2ccccc21. The Labute approximate surface area is 336 Å². The molecular formula is C51H72NPS. The lowest BCUT2D eigenvalue weighted by atomic mass is 9.71. The molecule has 3 aliphatic carbocycles. The number of thioether (sulfide) groups is 1. The van der Waals surface area contributed by atoms with Crippen LogP contribution >= 0.6 is 19.7 Å². The van der Waals surface area contributed by atoms with Gasteiger partial charge in [-0.2, -0.15) is 11.8 Å². The van der Waals surface area contributed by atoms with Crippen LogP contribution in [0.25, 0.3) is 0 Å². The molecule has 0 fully saturated rings. The highest BCUT2D eigenvalue weighted by molar-refractivity contribution is 8.00. The number of benzene rings is 3. The van der Waals surface area contributed by atoms with Crippen molar-refractivity contribution in [2.24, 2.45) is 0 Å². The molecule has 3 aromatic rings. The van der Waals surface area contributed by atoms with Gasteiger partial charge in [-0.25, -0.2) is 0 Å². The third-order valence-electron chi connectivity index (χ3n) is 12.3. The normalized spacial score (nSPS) is 22.1. The second-order valence-electron chi connectivity index (χ2n) is 21.9. The van der Waals surface area contributed by atoms with Gasteiger partial charge in [-0.1, -0.05) is 182 Å². The molecule has 292 valence electrons. The monoisotopic (exact) mass is 762 g/mol. The molecule has 0 saturated heterocycles. The van der Waals surface area contributed by atoms with E-state index in [0.29, 0.717) is 0 Å². The summed E-state index contributed by atoms with van der Waals surface area (Å²) in [6.07, 6.45) is 11.2. The first-order valence-electron chi connectivity index (χ1n) is 20.9. The van der Waals surface area contributed by atoms with Crippen LogP contribution in [0.2, 0.25) is 0 Å². The largest absolute Gasteiger partial charge is 0.300 e. The molecule has 0 aliphatic heterocycles. The molecule has 1 spiro atoms. The number of aryl methyl sites for hydroxylation is 1. The maximum absolute atomic E-state index is 4.55. The van der Waals surface area contributed by atoms with E-state index in [4.69, 9.17) is 0 Å². The van der Waals surface area contributed by atoms with E-state index in [1.807, 2.05) is 0 Å². The number of rotatable bonds is 7. The van der Waals surface area contributed by atoms with Crippen molar-refractivity contribution in [3.05, 3.63) is 117 Å². The Morgan fingerprint density at radius 3 is 1.59 bits per heavy atom. The summed E-state index contributed by atoms with van der Waals surface area (Å²) in [5.74, 6) is 1.08. The van der Waals surface area contributed by atoms with Crippen molar-refractivity contribution in [1.82, 2.24) is 5.32 Å². The predicted molar refractivity (Wildman–Crippen MR) is 243 cm³/mol. The van der Waals surface area contributed by atoms with E-state index in [-0.39, 0.29) is 37.1 Å². The maximum atomic E-state index is 4.55. The molecule has 0 bridgehead atoms. The summed E-state index contributed by atoms with van der Waals surface area (Å²) >= 11 is 2.09. The molecular weight excluding hydrogens is 690 g/mol. The fourth-order valence-electron chi connectivity index (χ4n) is 9.23. The van der Waals surface area contributed by atoms with Crippen molar-refractivity contribution in [2.45, 2.75) is 173 Å². The number of nitrogens with one attached hydrogen (secondary N) is 1. The van der Waals surface area contributed by atoms with Gasteiger partial charge in [-0.15, -0.1) is 0 Å². The van der Waals surface area contributed by atoms with Crippen LogP contribution in [0, 0.1) is 0 Å². The molecule has 1 N–H and O–H groups in total. The quantitative estimate of drug-likeness (QED) is 0.146. The highest BCUT2D eigenvalue weighted by atomic mass is 32.2. The smallest absolute Gasteiger partial charge is 0.0873 e. The van der Waals surface area contributed by atoms with Crippen molar-refractivity contribution in [1.29, 1.82) is 0 Å². The summed E-state index contributed by atoms with van der Waals surface area (Å²) in [6, 6.07) is 25.1. The van der Waals surface area contributed by atoms with Crippen LogP contribution in [0.15, 0.2) is 84.0 Å². The molecule has 2 unspecified atom stereocenters. The average molecular weight is 762 g/mol. The Kier molecular flexibility index (Phi) is 11.0. The number of allylic oxidation sites excluding steroid dienone is 2. The minimum absolute atomic E-state index is 0.0244. The van der Waals surface area contributed by atoms with Crippen molar-refractivity contribution in [2.75, 3.05) is 12.3 Å². The van der Waals surface area contributed by atoms with Gasteiger partial charge in [0.05, 0.1) is 5.28 Å². The van der Waals surface area contributed by atoms with E-state index in [0.717, 1.165) is 18.7 Å². The van der Waals surface area contributed by atoms with Gasteiger partial charge in [0.25, 0.3) is 0 Å². The summed E-state index contributed by atoms with van der Waals surface area (Å²) in [7, 11) is -0.980. The summed E-state index contributed by atoms with van der Waals surface area (Å²) in [5.41, 5.74) is 12.5. The molecule has 3 aromatic carbocycles. The van der Waals surface area contributed by atoms with Crippen LogP contribution in [0.4, 0.5) is 0 Å². The van der Waals surface area contributed by atoms with E-state index in [1.165, 1.54) is 58.5 Å². The number of hydrogen-bond donors (Lipinski definition) is 1. The summed E-state index contributed by atoms with van der Waals surface area (Å²) in [6.45, 7) is 36.9. The van der Waals surface area contributed by atoms with Gasteiger partial charge >= 0.3 is 0 Å². The molecule has 0 radical (unpaired) electrons. The Balaban J connectivity index is 1.74. The van der Waals surface area contributed by atoms with E-state index >= 15 is 0 Å². The summed E-state index contributed by atoms with van der Waals surface area (Å²) in [4.78, 5) is 0. The van der Waals surface area contributed by atoms with E-state index in [9.17, 15) is 0 Å². The zero-order valence-electron chi connectivity index (χ0n) is 36.7. The third-order valence-corrected chi connectivity index (χ3v) is 16.4. The lowest BCUT2D eigenvalue weighted by Gasteiger charge is -2.50. The van der Waals surface area contributed by atoms with Gasteiger partial charge in [0.2, 0.25) is 0 Å². The van der Waals surface area contributed by atoms with Gasteiger partial charge < -0.3 is 0 Å². The van der Waals surface area contributed by atoms with Crippen molar-refractivity contribution >= 4 is 30.3 Å². The van der Waals surface area contributed by atoms with Crippen LogP contribution in [0.1, 0.15) is 163 Å². The third kappa shape index (κ3) is 8.16. The van der Waals surface area contributed by atoms with Crippen molar-refractivity contribution in [3.63, 3.8) is 0 Å². The molecule has 1 nitrogen and oxygen atoms in total. The summed E-state index contributed by atoms with van der Waals surface area (Å²) in [5, 5.41) is 7.25. The Morgan fingerprint density at radius 2 is 1.11 bits per heavy atom. The predicted octanol–water partition coefficient (Wildman–Crippen LogP) is 13.1. The standard InChI is InChI=1S/C51H72NPS/c1-45(2,3)37-29-38(46(4,5)6)32-41(31-37)53(42-33-39(47(7,8)9)30-40(34-42)48(10,11)12)51(52-27-28-54-49(13,14)15)24-18-20-36-23-26-50(44(36)51)25-22-35-19-16-17-21-43(35)50/h16-19,21,24,29-34,52H,20,22-23,25-28H2,1-15H3. The van der Waals surface area contributed by atoms with Gasteiger partial charge in [0.1, 0.15) is 0 Å². The fourth-order valence-corrected chi connectivity index (χ4v) is 13.4. The molecule has 0 saturated carbocycles. The molecule has 2 atom stereocenters. The highest BCUT2D eigenvalue weighted by Gasteiger charge is 2.57. The zero-order valence-corrected chi connectivity index (χ0v) is 38.4. The lowest BCUT2D eigenvalue weighted by molar-refractivity contribution is 0.444. The van der Waals surface area contributed by atoms with E-state index < -0.39 is 7.92 Å². The first-order valence-corrected chi connectivity index (χ1v) is 23.2. The summed E-state index contributed by atoms with van der Waals surface area (Å²) < 4.78 is 0.219. The van der Waals surface area contributed by atoms with E-state index in [1.54, 1.807) is 22.3 Å². The van der Waals surface area contributed by atoms with Crippen LogP contribution in [-0.4, -0.2) is 22.3 Å². The van der Waals surface area contributed by atoms with Crippen LogP contribution in [0.5, 0.6) is 0 Å². The molecule has 3 aliphatic rings. The molecule has 6 rings (SSSR count). The second-order valence-corrected chi connectivity index (χ2v) is 26.2. The van der Waals surface area contributed by atoms with Gasteiger partial charge in [-0.05, 0) is 111 Å². The first-order chi connectivity index (χ1) is 24.9. The topological polar surface area (TPSA) is 12.0 Å². The highest BCUT2D eigenvalue weighted by Crippen LogP contribution is 2.65. The fraction of sp³-hybridized carbons (Fsp3) is 0.569. The molecule has 0 amide bonds. The molecule has 54 heavy (non-hydrogen) atoms. The Bertz CT molecular complexity index is 1790. The Morgan fingerprint density at radius 1 is 0.630 bits per heavy atom. The average Bonchev–Trinajstić information content (AvgIpc) is 3.63. The second kappa shape index (κ2) is 14.4. The van der Waals surface area contributed by atoms with Gasteiger partial charge in [-0.3, -0.25) is 5.32 Å². The minimum Gasteiger partial charge on any atom is -0.300 e. The Hall–Kier alpha value is -2.12. The van der Waals surface area contributed by atoms with Crippen molar-refractivity contribution in [3.8, 4) is 0 Å².